The van der Waals surface area contributed by atoms with Crippen molar-refractivity contribution in [3.63, 3.8) is 0 Å². The van der Waals surface area contributed by atoms with Gasteiger partial charge in [-0.3, -0.25) is 0 Å². The molecule has 3 heteroatoms. The van der Waals surface area contributed by atoms with E-state index in [9.17, 15) is 0 Å². The lowest BCUT2D eigenvalue weighted by molar-refractivity contribution is 0.415. The van der Waals surface area contributed by atoms with Crippen molar-refractivity contribution < 1.29 is 4.74 Å². The average Bonchev–Trinajstić information content (AvgIpc) is 2.66. The third kappa shape index (κ3) is 1.41. The molecule has 0 unspecified atom stereocenters. The highest BCUT2D eigenvalue weighted by Gasteiger charge is 2.10. The minimum atomic E-state index is 0.977. The molecule has 0 aliphatic rings. The van der Waals surface area contributed by atoms with E-state index in [1.807, 2.05) is 0 Å². The summed E-state index contributed by atoms with van der Waals surface area (Å²) in [6, 6.07) is 4.18. The Hall–Kier alpha value is -0.670. The molecule has 0 saturated carbocycles. The van der Waals surface area contributed by atoms with Crippen LogP contribution in [0, 0.1) is 0 Å². The molecule has 2 aromatic rings. The number of rotatable bonds is 2. The highest BCUT2D eigenvalue weighted by molar-refractivity contribution is 7.80. The van der Waals surface area contributed by atoms with Crippen molar-refractivity contribution >= 4 is 34.1 Å². The van der Waals surface area contributed by atoms with Gasteiger partial charge in [0.25, 0.3) is 0 Å². The second kappa shape index (κ2) is 3.83. The molecule has 0 aliphatic carbocycles. The Labute approximate surface area is 93.1 Å². The maximum atomic E-state index is 5.44. The number of benzene rings is 1. The summed E-state index contributed by atoms with van der Waals surface area (Å²) < 4.78 is 6.64. The Kier molecular flexibility index (Phi) is 2.70. The van der Waals surface area contributed by atoms with Crippen LogP contribution in [0.2, 0.25) is 0 Å². The molecule has 0 N–H and O–H groups in total. The van der Waals surface area contributed by atoms with E-state index in [4.69, 9.17) is 4.74 Å². The van der Waals surface area contributed by atoms with E-state index in [0.29, 0.717) is 0 Å². The van der Waals surface area contributed by atoms with Crippen LogP contribution in [0.25, 0.3) is 10.1 Å². The van der Waals surface area contributed by atoms with Gasteiger partial charge in [0.2, 0.25) is 0 Å². The number of hydrogen-bond donors (Lipinski definition) is 1. The molecule has 14 heavy (non-hydrogen) atoms. The fraction of sp³-hybridized carbons (Fsp3) is 0.273. The lowest BCUT2D eigenvalue weighted by Crippen LogP contribution is -1.90. The summed E-state index contributed by atoms with van der Waals surface area (Å²) in [5.74, 6) is 1.01. The Bertz CT molecular complexity index is 460. The molecule has 0 aliphatic heterocycles. The summed E-state index contributed by atoms with van der Waals surface area (Å²) in [6.07, 6.45) is 0.977. The van der Waals surface area contributed by atoms with Gasteiger partial charge in [-0.15, -0.1) is 24.0 Å². The van der Waals surface area contributed by atoms with Gasteiger partial charge in [0.15, 0.2) is 0 Å². The van der Waals surface area contributed by atoms with E-state index < -0.39 is 0 Å². The summed E-state index contributed by atoms with van der Waals surface area (Å²) in [4.78, 5) is 1.04. The molecule has 0 atom stereocenters. The molecule has 2 rings (SSSR count). The smallest absolute Gasteiger partial charge is 0.139 e. The van der Waals surface area contributed by atoms with Crippen molar-refractivity contribution in [2.24, 2.45) is 0 Å². The zero-order chi connectivity index (χ0) is 10.1. The predicted octanol–water partition coefficient (Wildman–Crippen LogP) is 3.76. The fourth-order valence-electron chi connectivity index (χ4n) is 1.63. The number of methoxy groups -OCH3 is 1. The van der Waals surface area contributed by atoms with Crippen LogP contribution in [0.15, 0.2) is 22.4 Å². The highest BCUT2D eigenvalue weighted by Crippen LogP contribution is 2.37. The molecule has 0 fully saturated rings. The Morgan fingerprint density at radius 2 is 2.29 bits per heavy atom. The molecule has 74 valence electrons. The van der Waals surface area contributed by atoms with Crippen molar-refractivity contribution in [3.8, 4) is 5.75 Å². The molecule has 0 radical (unpaired) electrons. The van der Waals surface area contributed by atoms with Gasteiger partial charge in [0, 0.05) is 10.3 Å². The Morgan fingerprint density at radius 1 is 1.50 bits per heavy atom. The number of fused-ring (bicyclic) bond motifs is 1. The van der Waals surface area contributed by atoms with Crippen LogP contribution < -0.4 is 4.74 Å². The predicted molar refractivity (Wildman–Crippen MR) is 65.0 cm³/mol. The van der Waals surface area contributed by atoms with Crippen molar-refractivity contribution in [1.29, 1.82) is 0 Å². The third-order valence-electron chi connectivity index (χ3n) is 2.34. The Morgan fingerprint density at radius 3 is 2.93 bits per heavy atom. The van der Waals surface area contributed by atoms with Crippen LogP contribution in [-0.4, -0.2) is 7.11 Å². The first-order valence-electron chi connectivity index (χ1n) is 4.54. The van der Waals surface area contributed by atoms with Crippen LogP contribution in [-0.2, 0) is 6.42 Å². The molecule has 0 saturated heterocycles. The van der Waals surface area contributed by atoms with E-state index >= 15 is 0 Å². The second-order valence-corrected chi connectivity index (χ2v) is 4.50. The highest BCUT2D eigenvalue weighted by atomic mass is 32.1. The van der Waals surface area contributed by atoms with E-state index in [1.54, 1.807) is 18.4 Å². The van der Waals surface area contributed by atoms with E-state index in [0.717, 1.165) is 17.1 Å². The van der Waals surface area contributed by atoms with E-state index in [-0.39, 0.29) is 0 Å². The van der Waals surface area contributed by atoms with Crippen LogP contribution in [0.3, 0.4) is 0 Å². The van der Waals surface area contributed by atoms with Crippen molar-refractivity contribution in [3.05, 3.63) is 23.1 Å². The average molecular weight is 224 g/mol. The van der Waals surface area contributed by atoms with Gasteiger partial charge in [-0.25, -0.2) is 0 Å². The van der Waals surface area contributed by atoms with Crippen LogP contribution in [0.5, 0.6) is 5.75 Å². The van der Waals surface area contributed by atoms with Crippen molar-refractivity contribution in [1.82, 2.24) is 0 Å². The standard InChI is InChI=1S/C11H12OS2/c1-3-7-6-9(13)8-4-5-14-11(8)10(7)12-2/h4-6,13H,3H2,1-2H3. The van der Waals surface area contributed by atoms with Crippen LogP contribution in [0.4, 0.5) is 0 Å². The van der Waals surface area contributed by atoms with Gasteiger partial charge >= 0.3 is 0 Å². The zero-order valence-electron chi connectivity index (χ0n) is 8.20. The van der Waals surface area contributed by atoms with Gasteiger partial charge in [0.1, 0.15) is 5.75 Å². The largest absolute Gasteiger partial charge is 0.495 e. The monoisotopic (exact) mass is 224 g/mol. The lowest BCUT2D eigenvalue weighted by Gasteiger charge is -2.09. The summed E-state index contributed by atoms with van der Waals surface area (Å²) in [5.41, 5.74) is 1.23. The Balaban J connectivity index is 2.82. The third-order valence-corrected chi connectivity index (χ3v) is 3.62. The fourth-order valence-corrected chi connectivity index (χ4v) is 3.01. The van der Waals surface area contributed by atoms with Crippen molar-refractivity contribution in [2.75, 3.05) is 7.11 Å². The molecule has 1 aromatic heterocycles. The number of thiophene rings is 1. The normalized spacial score (nSPS) is 10.8. The van der Waals surface area contributed by atoms with Crippen LogP contribution in [0.1, 0.15) is 12.5 Å². The maximum absolute atomic E-state index is 5.44. The molecule has 1 heterocycles. The van der Waals surface area contributed by atoms with Crippen molar-refractivity contribution in [2.45, 2.75) is 18.2 Å². The maximum Gasteiger partial charge on any atom is 0.139 e. The number of hydrogen-bond acceptors (Lipinski definition) is 3. The SMILES string of the molecule is CCc1cc(S)c2ccsc2c1OC. The number of ether oxygens (including phenoxy) is 1. The van der Waals surface area contributed by atoms with Gasteiger partial charge in [-0.1, -0.05) is 6.92 Å². The van der Waals surface area contributed by atoms with Gasteiger partial charge in [0.05, 0.1) is 11.8 Å². The van der Waals surface area contributed by atoms with Gasteiger partial charge < -0.3 is 4.74 Å². The number of aryl methyl sites for hydroxylation is 1. The molecule has 0 spiro atoms. The topological polar surface area (TPSA) is 9.23 Å². The summed E-state index contributed by atoms with van der Waals surface area (Å²) in [5, 5.41) is 3.26. The van der Waals surface area contributed by atoms with E-state index in [1.165, 1.54) is 15.6 Å². The molecule has 1 nitrogen and oxygen atoms in total. The molecule has 0 bridgehead atoms. The molecule has 1 aromatic carbocycles. The first kappa shape index (κ1) is 9.87. The second-order valence-electron chi connectivity index (χ2n) is 3.11. The summed E-state index contributed by atoms with van der Waals surface area (Å²) in [6.45, 7) is 2.13. The minimum Gasteiger partial charge on any atom is -0.495 e. The number of thiol groups is 1. The lowest BCUT2D eigenvalue weighted by atomic mass is 10.1. The molecular formula is C11H12OS2. The van der Waals surface area contributed by atoms with Gasteiger partial charge in [-0.2, -0.15) is 0 Å². The van der Waals surface area contributed by atoms with E-state index in [2.05, 4.69) is 37.1 Å². The van der Waals surface area contributed by atoms with Crippen LogP contribution >= 0.6 is 24.0 Å². The molecule has 0 amide bonds. The first-order chi connectivity index (χ1) is 6.77. The summed E-state index contributed by atoms with van der Waals surface area (Å²) >= 11 is 6.19. The quantitative estimate of drug-likeness (QED) is 0.764. The minimum absolute atomic E-state index is 0.977. The molecular weight excluding hydrogens is 212 g/mol. The van der Waals surface area contributed by atoms with Gasteiger partial charge in [-0.05, 0) is 29.5 Å². The zero-order valence-corrected chi connectivity index (χ0v) is 9.91. The summed E-state index contributed by atoms with van der Waals surface area (Å²) in [7, 11) is 1.73. The first-order valence-corrected chi connectivity index (χ1v) is 5.86.